The van der Waals surface area contributed by atoms with E-state index in [0.717, 1.165) is 0 Å². The Labute approximate surface area is 102 Å². The number of carboxylic acid groups (broad SMARTS) is 2. The Balaban J connectivity index is -0.000000720. The summed E-state index contributed by atoms with van der Waals surface area (Å²) in [6.45, 7) is 5.12. The van der Waals surface area contributed by atoms with E-state index in [1.54, 1.807) is 20.8 Å². The molecule has 0 heterocycles. The van der Waals surface area contributed by atoms with Crippen molar-refractivity contribution in [1.29, 1.82) is 0 Å². The van der Waals surface area contributed by atoms with Gasteiger partial charge in [-0.2, -0.15) is 0 Å². The Kier molecular flexibility index (Phi) is 10.4. The van der Waals surface area contributed by atoms with Crippen LogP contribution >= 0.6 is 24.8 Å². The summed E-state index contributed by atoms with van der Waals surface area (Å²) in [6.07, 6.45) is 0.388. The summed E-state index contributed by atoms with van der Waals surface area (Å²) in [5.41, 5.74) is -0.455. The van der Waals surface area contributed by atoms with Crippen molar-refractivity contribution < 1.29 is 19.8 Å². The highest BCUT2D eigenvalue weighted by Gasteiger charge is 2.26. The SMILES string of the molecule is CC(CC(C)(C)CC(=O)O)C(=O)O.Cl.Cl. The van der Waals surface area contributed by atoms with Gasteiger partial charge >= 0.3 is 11.9 Å². The minimum absolute atomic E-state index is 0. The molecule has 0 amide bonds. The van der Waals surface area contributed by atoms with Crippen LogP contribution in [0.15, 0.2) is 0 Å². The van der Waals surface area contributed by atoms with Gasteiger partial charge in [-0.15, -0.1) is 24.8 Å². The maximum Gasteiger partial charge on any atom is 0.306 e. The summed E-state index contributed by atoms with van der Waals surface area (Å²) < 4.78 is 0. The average Bonchev–Trinajstić information content (AvgIpc) is 1.81. The predicted octanol–water partition coefficient (Wildman–Crippen LogP) is 2.44. The number of rotatable bonds is 5. The molecule has 4 nitrogen and oxygen atoms in total. The first kappa shape index (κ1) is 20.0. The summed E-state index contributed by atoms with van der Waals surface area (Å²) in [7, 11) is 0. The molecular formula is C9H18Cl2O4. The molecule has 6 heteroatoms. The van der Waals surface area contributed by atoms with E-state index in [2.05, 4.69) is 0 Å². The summed E-state index contributed by atoms with van der Waals surface area (Å²) in [5, 5.41) is 17.2. The molecule has 92 valence electrons. The van der Waals surface area contributed by atoms with Crippen LogP contribution in [0.4, 0.5) is 0 Å². The van der Waals surface area contributed by atoms with E-state index >= 15 is 0 Å². The van der Waals surface area contributed by atoms with Crippen LogP contribution in [0.1, 0.15) is 33.6 Å². The molecule has 0 fully saturated rings. The largest absolute Gasteiger partial charge is 0.481 e. The van der Waals surface area contributed by atoms with Crippen LogP contribution in [0, 0.1) is 11.3 Å². The summed E-state index contributed by atoms with van der Waals surface area (Å²) in [4.78, 5) is 20.9. The second kappa shape index (κ2) is 7.77. The van der Waals surface area contributed by atoms with Crippen molar-refractivity contribution >= 4 is 36.8 Å². The quantitative estimate of drug-likeness (QED) is 0.797. The van der Waals surface area contributed by atoms with Crippen LogP contribution < -0.4 is 0 Å². The molecule has 0 aromatic carbocycles. The van der Waals surface area contributed by atoms with Gasteiger partial charge in [-0.05, 0) is 11.8 Å². The van der Waals surface area contributed by atoms with E-state index in [1.165, 1.54) is 0 Å². The van der Waals surface area contributed by atoms with E-state index in [0.29, 0.717) is 6.42 Å². The third-order valence-electron chi connectivity index (χ3n) is 1.91. The average molecular weight is 261 g/mol. The lowest BCUT2D eigenvalue weighted by molar-refractivity contribution is -0.144. The van der Waals surface area contributed by atoms with Crippen molar-refractivity contribution in [2.75, 3.05) is 0 Å². The lowest BCUT2D eigenvalue weighted by Crippen LogP contribution is -2.23. The molecule has 0 aliphatic heterocycles. The highest BCUT2D eigenvalue weighted by Crippen LogP contribution is 2.29. The van der Waals surface area contributed by atoms with Gasteiger partial charge in [-0.25, -0.2) is 0 Å². The summed E-state index contributed by atoms with van der Waals surface area (Å²) in [5.74, 6) is -2.25. The number of carbonyl (C=O) groups is 2. The zero-order valence-corrected chi connectivity index (χ0v) is 10.7. The maximum absolute atomic E-state index is 10.5. The minimum atomic E-state index is -0.886. The van der Waals surface area contributed by atoms with E-state index in [1.807, 2.05) is 0 Å². The van der Waals surface area contributed by atoms with Crippen LogP contribution in [0.2, 0.25) is 0 Å². The molecule has 0 spiro atoms. The number of carboxylic acids is 2. The van der Waals surface area contributed by atoms with Crippen molar-refractivity contribution in [2.24, 2.45) is 11.3 Å². The van der Waals surface area contributed by atoms with Gasteiger partial charge in [0.1, 0.15) is 0 Å². The van der Waals surface area contributed by atoms with Crippen LogP contribution in [0.3, 0.4) is 0 Å². The summed E-state index contributed by atoms with van der Waals surface area (Å²) >= 11 is 0. The second-order valence-electron chi connectivity index (χ2n) is 4.18. The molecule has 0 aliphatic rings. The number of aliphatic carboxylic acids is 2. The van der Waals surface area contributed by atoms with Crippen molar-refractivity contribution in [3.63, 3.8) is 0 Å². The Morgan fingerprint density at radius 2 is 1.60 bits per heavy atom. The topological polar surface area (TPSA) is 74.6 Å². The van der Waals surface area contributed by atoms with Gasteiger partial charge in [-0.3, -0.25) is 9.59 Å². The molecule has 0 aromatic heterocycles. The highest BCUT2D eigenvalue weighted by atomic mass is 35.5. The molecule has 0 saturated carbocycles. The molecular weight excluding hydrogens is 243 g/mol. The monoisotopic (exact) mass is 260 g/mol. The van der Waals surface area contributed by atoms with Crippen LogP contribution in [-0.4, -0.2) is 22.2 Å². The third-order valence-corrected chi connectivity index (χ3v) is 1.91. The fourth-order valence-electron chi connectivity index (χ4n) is 1.40. The lowest BCUT2D eigenvalue weighted by atomic mass is 9.81. The second-order valence-corrected chi connectivity index (χ2v) is 4.18. The first-order valence-corrected chi connectivity index (χ1v) is 4.19. The number of hydrogen-bond donors (Lipinski definition) is 2. The van der Waals surface area contributed by atoms with Gasteiger partial charge in [0, 0.05) is 0 Å². The van der Waals surface area contributed by atoms with Crippen molar-refractivity contribution in [2.45, 2.75) is 33.6 Å². The van der Waals surface area contributed by atoms with Gasteiger partial charge in [-0.1, -0.05) is 20.8 Å². The minimum Gasteiger partial charge on any atom is -0.481 e. The van der Waals surface area contributed by atoms with E-state index < -0.39 is 23.3 Å². The highest BCUT2D eigenvalue weighted by molar-refractivity contribution is 5.85. The van der Waals surface area contributed by atoms with Crippen molar-refractivity contribution in [3.8, 4) is 0 Å². The zero-order valence-electron chi connectivity index (χ0n) is 9.02. The molecule has 2 N–H and O–H groups in total. The van der Waals surface area contributed by atoms with Gasteiger partial charge in [0.2, 0.25) is 0 Å². The van der Waals surface area contributed by atoms with Crippen molar-refractivity contribution in [1.82, 2.24) is 0 Å². The Hall–Kier alpha value is -0.480. The standard InChI is InChI=1S/C9H16O4.2ClH/c1-6(8(12)13)4-9(2,3)5-7(10)11;;/h6H,4-5H2,1-3H3,(H,10,11)(H,12,13);2*1H. The maximum atomic E-state index is 10.5. The Morgan fingerprint density at radius 3 is 1.87 bits per heavy atom. The molecule has 0 aliphatic carbocycles. The first-order valence-electron chi connectivity index (χ1n) is 4.19. The zero-order chi connectivity index (χ0) is 10.6. The van der Waals surface area contributed by atoms with Crippen LogP contribution in [-0.2, 0) is 9.59 Å². The lowest BCUT2D eigenvalue weighted by Gasteiger charge is -2.24. The Bertz CT molecular complexity index is 216. The summed E-state index contributed by atoms with van der Waals surface area (Å²) in [6, 6.07) is 0. The molecule has 1 unspecified atom stereocenters. The van der Waals surface area contributed by atoms with Gasteiger partial charge in [0.25, 0.3) is 0 Å². The van der Waals surface area contributed by atoms with Gasteiger partial charge in [0.15, 0.2) is 0 Å². The molecule has 0 rings (SSSR count). The van der Waals surface area contributed by atoms with Gasteiger partial charge < -0.3 is 10.2 Å². The third kappa shape index (κ3) is 9.82. The first-order chi connectivity index (χ1) is 5.74. The fourth-order valence-corrected chi connectivity index (χ4v) is 1.40. The molecule has 0 saturated heterocycles. The fraction of sp³-hybridized carbons (Fsp3) is 0.778. The molecule has 0 bridgehead atoms. The predicted molar refractivity (Wildman–Crippen MR) is 61.9 cm³/mol. The van der Waals surface area contributed by atoms with Crippen LogP contribution in [0.25, 0.3) is 0 Å². The van der Waals surface area contributed by atoms with Gasteiger partial charge in [0.05, 0.1) is 12.3 Å². The molecule has 0 aromatic rings. The smallest absolute Gasteiger partial charge is 0.306 e. The molecule has 15 heavy (non-hydrogen) atoms. The number of halogens is 2. The molecule has 1 atom stereocenters. The van der Waals surface area contributed by atoms with E-state index in [-0.39, 0.29) is 31.2 Å². The van der Waals surface area contributed by atoms with Crippen LogP contribution in [0.5, 0.6) is 0 Å². The number of hydrogen-bond acceptors (Lipinski definition) is 2. The van der Waals surface area contributed by atoms with E-state index in [4.69, 9.17) is 10.2 Å². The Morgan fingerprint density at radius 1 is 1.20 bits per heavy atom. The normalized spacial score (nSPS) is 11.9. The van der Waals surface area contributed by atoms with Crippen molar-refractivity contribution in [3.05, 3.63) is 0 Å². The molecule has 0 radical (unpaired) electrons. The van der Waals surface area contributed by atoms with E-state index in [9.17, 15) is 9.59 Å².